The highest BCUT2D eigenvalue weighted by Gasteiger charge is 2.03. The lowest BCUT2D eigenvalue weighted by molar-refractivity contribution is -0.120. The maximum Gasteiger partial charge on any atom is 0.172 e. The number of rotatable bonds is 4. The molecule has 0 aliphatic rings. The molecule has 0 bridgehead atoms. The summed E-state index contributed by atoms with van der Waals surface area (Å²) >= 11 is 0. The fourth-order valence-corrected chi connectivity index (χ4v) is 1.06. The Morgan fingerprint density at radius 1 is 0.857 bits per heavy atom. The van der Waals surface area contributed by atoms with Crippen LogP contribution in [0.1, 0.15) is 0 Å². The van der Waals surface area contributed by atoms with Gasteiger partial charge in [-0.2, -0.15) is 0 Å². The van der Waals surface area contributed by atoms with Crippen LogP contribution in [0, 0.1) is 0 Å². The topological polar surface area (TPSA) is 78.5 Å². The highest BCUT2D eigenvalue weighted by molar-refractivity contribution is 5.77. The van der Waals surface area contributed by atoms with E-state index in [4.69, 9.17) is 0 Å². The lowest BCUT2D eigenvalue weighted by atomic mass is 10.4. The van der Waals surface area contributed by atoms with E-state index >= 15 is 0 Å². The van der Waals surface area contributed by atoms with Gasteiger partial charge in [-0.1, -0.05) is 0 Å². The first-order valence-electron chi connectivity index (χ1n) is 4.01. The summed E-state index contributed by atoms with van der Waals surface area (Å²) in [5.41, 5.74) is 0. The van der Waals surface area contributed by atoms with Gasteiger partial charge in [0.05, 0.1) is 13.1 Å². The third-order valence-corrected chi connectivity index (χ3v) is 1.65. The van der Waals surface area contributed by atoms with E-state index in [1.165, 1.54) is 25.3 Å². The Morgan fingerprint density at radius 2 is 1.21 bits per heavy atom. The molecule has 0 unspecified atom stereocenters. The predicted octanol–water partition coefficient (Wildman–Crippen LogP) is -0.861. The van der Waals surface area contributed by atoms with Crippen LogP contribution in [0.15, 0.2) is 25.3 Å². The van der Waals surface area contributed by atoms with Crippen molar-refractivity contribution in [3.8, 4) is 0 Å². The monoisotopic (exact) mass is 192 g/mol. The molecule has 0 aliphatic carbocycles. The molecule has 7 nitrogen and oxygen atoms in total. The Bertz CT molecular complexity index is 354. The Hall–Kier alpha value is -2.05. The van der Waals surface area contributed by atoms with E-state index in [1.54, 1.807) is 9.13 Å². The van der Waals surface area contributed by atoms with Gasteiger partial charge < -0.3 is 9.13 Å². The number of Topliss-reactive ketones (excluding diaryl/α,β-unsaturated/α-hetero) is 1. The Kier molecular flexibility index (Phi) is 2.30. The molecule has 2 aromatic heterocycles. The Labute approximate surface area is 79.4 Å². The molecule has 0 saturated carbocycles. The summed E-state index contributed by atoms with van der Waals surface area (Å²) in [6, 6.07) is 0. The van der Waals surface area contributed by atoms with Crippen LogP contribution in [0.4, 0.5) is 0 Å². The van der Waals surface area contributed by atoms with Gasteiger partial charge in [0.25, 0.3) is 0 Å². The van der Waals surface area contributed by atoms with Gasteiger partial charge in [-0.25, -0.2) is 0 Å². The van der Waals surface area contributed by atoms with Crippen LogP contribution < -0.4 is 0 Å². The van der Waals surface area contributed by atoms with E-state index in [1.807, 2.05) is 0 Å². The van der Waals surface area contributed by atoms with E-state index in [0.29, 0.717) is 0 Å². The first kappa shape index (κ1) is 8.54. The van der Waals surface area contributed by atoms with Crippen molar-refractivity contribution >= 4 is 5.78 Å². The van der Waals surface area contributed by atoms with Crippen molar-refractivity contribution in [2.45, 2.75) is 13.1 Å². The summed E-state index contributed by atoms with van der Waals surface area (Å²) in [4.78, 5) is 11.4. The summed E-state index contributed by atoms with van der Waals surface area (Å²) in [7, 11) is 0. The predicted molar refractivity (Wildman–Crippen MR) is 45.1 cm³/mol. The minimum atomic E-state index is 0.0459. The molecular weight excluding hydrogens is 184 g/mol. The van der Waals surface area contributed by atoms with Gasteiger partial charge in [0.15, 0.2) is 5.78 Å². The molecular formula is C7H8N6O. The molecule has 0 aromatic carbocycles. The zero-order valence-electron chi connectivity index (χ0n) is 7.32. The average molecular weight is 192 g/mol. The SMILES string of the molecule is O=C(Cn1cnnc1)Cn1cnnc1. The van der Waals surface area contributed by atoms with E-state index in [9.17, 15) is 4.79 Å². The minimum Gasteiger partial charge on any atom is -0.313 e. The molecule has 0 radical (unpaired) electrons. The van der Waals surface area contributed by atoms with E-state index in [2.05, 4.69) is 20.4 Å². The maximum atomic E-state index is 11.4. The molecule has 0 fully saturated rings. The summed E-state index contributed by atoms with van der Waals surface area (Å²) < 4.78 is 3.24. The summed E-state index contributed by atoms with van der Waals surface area (Å²) in [5, 5.41) is 14.4. The van der Waals surface area contributed by atoms with Crippen LogP contribution in [0.3, 0.4) is 0 Å². The highest BCUT2D eigenvalue weighted by Crippen LogP contribution is 1.89. The standard InChI is InChI=1S/C7H8N6O/c14-7(1-12-3-8-9-4-12)2-13-5-10-11-6-13/h3-6H,1-2H2. The van der Waals surface area contributed by atoms with Crippen molar-refractivity contribution in [3.63, 3.8) is 0 Å². The lowest BCUT2D eigenvalue weighted by Crippen LogP contribution is -2.14. The van der Waals surface area contributed by atoms with Crippen LogP contribution in [0.5, 0.6) is 0 Å². The molecule has 2 rings (SSSR count). The maximum absolute atomic E-state index is 11.4. The van der Waals surface area contributed by atoms with Crippen LogP contribution in [-0.2, 0) is 17.9 Å². The average Bonchev–Trinajstić information content (AvgIpc) is 2.76. The van der Waals surface area contributed by atoms with E-state index in [-0.39, 0.29) is 18.9 Å². The highest BCUT2D eigenvalue weighted by atomic mass is 16.1. The van der Waals surface area contributed by atoms with Gasteiger partial charge in [0.2, 0.25) is 0 Å². The second kappa shape index (κ2) is 3.77. The fraction of sp³-hybridized carbons (Fsp3) is 0.286. The largest absolute Gasteiger partial charge is 0.313 e. The normalized spacial score (nSPS) is 10.3. The van der Waals surface area contributed by atoms with Gasteiger partial charge in [0, 0.05) is 0 Å². The molecule has 0 N–H and O–H groups in total. The van der Waals surface area contributed by atoms with Crippen LogP contribution in [0.2, 0.25) is 0 Å². The first-order valence-corrected chi connectivity index (χ1v) is 4.01. The first-order chi connectivity index (χ1) is 6.84. The minimum absolute atomic E-state index is 0.0459. The van der Waals surface area contributed by atoms with Crippen molar-refractivity contribution in [2.75, 3.05) is 0 Å². The van der Waals surface area contributed by atoms with Crippen LogP contribution in [-0.4, -0.2) is 35.3 Å². The van der Waals surface area contributed by atoms with Crippen molar-refractivity contribution in [1.29, 1.82) is 0 Å². The van der Waals surface area contributed by atoms with Crippen molar-refractivity contribution in [1.82, 2.24) is 29.5 Å². The van der Waals surface area contributed by atoms with Gasteiger partial charge in [-0.05, 0) is 0 Å². The quantitative estimate of drug-likeness (QED) is 0.629. The molecule has 72 valence electrons. The fourth-order valence-electron chi connectivity index (χ4n) is 1.06. The van der Waals surface area contributed by atoms with Crippen LogP contribution >= 0.6 is 0 Å². The zero-order chi connectivity index (χ0) is 9.80. The van der Waals surface area contributed by atoms with E-state index < -0.39 is 0 Å². The molecule has 7 heteroatoms. The molecule has 14 heavy (non-hydrogen) atoms. The molecule has 0 amide bonds. The number of hydrogen-bond donors (Lipinski definition) is 0. The molecule has 0 spiro atoms. The van der Waals surface area contributed by atoms with E-state index in [0.717, 1.165) is 0 Å². The molecule has 0 atom stereocenters. The van der Waals surface area contributed by atoms with Gasteiger partial charge >= 0.3 is 0 Å². The third-order valence-electron chi connectivity index (χ3n) is 1.65. The van der Waals surface area contributed by atoms with Crippen molar-refractivity contribution in [2.24, 2.45) is 0 Å². The molecule has 0 saturated heterocycles. The summed E-state index contributed by atoms with van der Waals surface area (Å²) in [5.74, 6) is 0.0459. The number of carbonyl (C=O) groups excluding carboxylic acids is 1. The lowest BCUT2D eigenvalue weighted by Gasteiger charge is -2.00. The van der Waals surface area contributed by atoms with Gasteiger partial charge in [-0.15, -0.1) is 20.4 Å². The smallest absolute Gasteiger partial charge is 0.172 e. The second-order valence-electron chi connectivity index (χ2n) is 2.81. The number of hydrogen-bond acceptors (Lipinski definition) is 5. The number of nitrogens with zero attached hydrogens (tertiary/aromatic N) is 6. The zero-order valence-corrected chi connectivity index (χ0v) is 7.32. The summed E-state index contributed by atoms with van der Waals surface area (Å²) in [6.07, 6.45) is 6.02. The number of ketones is 1. The Balaban J connectivity index is 1.91. The second-order valence-corrected chi connectivity index (χ2v) is 2.81. The van der Waals surface area contributed by atoms with Gasteiger partial charge in [-0.3, -0.25) is 4.79 Å². The number of carbonyl (C=O) groups is 1. The summed E-state index contributed by atoms with van der Waals surface area (Å²) in [6.45, 7) is 0.538. The van der Waals surface area contributed by atoms with Gasteiger partial charge in [0.1, 0.15) is 25.3 Å². The van der Waals surface area contributed by atoms with Crippen molar-refractivity contribution < 1.29 is 4.79 Å². The Morgan fingerprint density at radius 3 is 1.57 bits per heavy atom. The molecule has 0 aliphatic heterocycles. The van der Waals surface area contributed by atoms with Crippen molar-refractivity contribution in [3.05, 3.63) is 25.3 Å². The third kappa shape index (κ3) is 2.00. The molecule has 2 aromatic rings. The molecule has 2 heterocycles. The van der Waals surface area contributed by atoms with Crippen LogP contribution in [0.25, 0.3) is 0 Å². The number of aromatic nitrogens is 6.